The average Bonchev–Trinajstić information content (AvgIpc) is 2.15. The Labute approximate surface area is 75.8 Å². The Bertz CT molecular complexity index is 299. The Morgan fingerprint density at radius 1 is 1.38 bits per heavy atom. The summed E-state index contributed by atoms with van der Waals surface area (Å²) in [5.74, 6) is -0.923. The van der Waals surface area contributed by atoms with E-state index in [1.165, 1.54) is 0 Å². The third-order valence-corrected chi connectivity index (χ3v) is 1.62. The van der Waals surface area contributed by atoms with Gasteiger partial charge in [-0.25, -0.2) is 0 Å². The SMILES string of the molecule is O=C(O)CNc1ccccc1CO. The van der Waals surface area contributed by atoms with Gasteiger partial charge in [0.1, 0.15) is 6.54 Å². The average molecular weight is 181 g/mol. The Morgan fingerprint density at radius 2 is 2.08 bits per heavy atom. The first-order valence-corrected chi connectivity index (χ1v) is 3.88. The number of aliphatic hydroxyl groups excluding tert-OH is 1. The van der Waals surface area contributed by atoms with E-state index in [2.05, 4.69) is 5.32 Å². The highest BCUT2D eigenvalue weighted by Gasteiger charge is 2.01. The molecule has 0 aliphatic heterocycles. The van der Waals surface area contributed by atoms with Crippen molar-refractivity contribution in [1.29, 1.82) is 0 Å². The van der Waals surface area contributed by atoms with Gasteiger partial charge in [-0.1, -0.05) is 18.2 Å². The van der Waals surface area contributed by atoms with E-state index in [0.717, 1.165) is 0 Å². The predicted molar refractivity (Wildman–Crippen MR) is 48.5 cm³/mol. The molecule has 70 valence electrons. The third-order valence-electron chi connectivity index (χ3n) is 1.62. The van der Waals surface area contributed by atoms with Gasteiger partial charge in [0, 0.05) is 11.3 Å². The van der Waals surface area contributed by atoms with Crippen molar-refractivity contribution < 1.29 is 15.0 Å². The maximum absolute atomic E-state index is 10.2. The highest BCUT2D eigenvalue weighted by molar-refractivity contribution is 5.73. The van der Waals surface area contributed by atoms with Gasteiger partial charge in [0.2, 0.25) is 0 Å². The lowest BCUT2D eigenvalue weighted by atomic mass is 10.2. The van der Waals surface area contributed by atoms with Crippen LogP contribution in [0.1, 0.15) is 5.56 Å². The van der Waals surface area contributed by atoms with Crippen LogP contribution in [0.15, 0.2) is 24.3 Å². The molecule has 13 heavy (non-hydrogen) atoms. The highest BCUT2D eigenvalue weighted by Crippen LogP contribution is 2.13. The Morgan fingerprint density at radius 3 is 2.69 bits per heavy atom. The van der Waals surface area contributed by atoms with Gasteiger partial charge in [-0.15, -0.1) is 0 Å². The van der Waals surface area contributed by atoms with E-state index in [1.54, 1.807) is 24.3 Å². The van der Waals surface area contributed by atoms with Gasteiger partial charge in [0.05, 0.1) is 6.61 Å². The molecule has 0 saturated heterocycles. The molecule has 0 atom stereocenters. The van der Waals surface area contributed by atoms with Crippen LogP contribution in [0, 0.1) is 0 Å². The summed E-state index contributed by atoms with van der Waals surface area (Å²) >= 11 is 0. The van der Waals surface area contributed by atoms with E-state index in [1.807, 2.05) is 0 Å². The molecule has 0 radical (unpaired) electrons. The van der Waals surface area contributed by atoms with E-state index in [-0.39, 0.29) is 13.2 Å². The minimum Gasteiger partial charge on any atom is -0.480 e. The number of rotatable bonds is 4. The maximum Gasteiger partial charge on any atom is 0.322 e. The standard InChI is InChI=1S/C9H11NO3/c11-6-7-3-1-2-4-8(7)10-5-9(12)13/h1-4,10-11H,5-6H2,(H,12,13). The van der Waals surface area contributed by atoms with Crippen LogP contribution in [-0.4, -0.2) is 22.7 Å². The van der Waals surface area contributed by atoms with Crippen molar-refractivity contribution in [2.24, 2.45) is 0 Å². The van der Waals surface area contributed by atoms with Gasteiger partial charge in [0.25, 0.3) is 0 Å². The largest absolute Gasteiger partial charge is 0.480 e. The van der Waals surface area contributed by atoms with E-state index in [9.17, 15) is 4.79 Å². The van der Waals surface area contributed by atoms with Crippen molar-refractivity contribution in [2.45, 2.75) is 6.61 Å². The molecular formula is C9H11NO3. The molecule has 1 rings (SSSR count). The van der Waals surface area contributed by atoms with Gasteiger partial charge in [-0.2, -0.15) is 0 Å². The van der Waals surface area contributed by atoms with Crippen LogP contribution in [0.25, 0.3) is 0 Å². The number of benzene rings is 1. The number of nitrogens with one attached hydrogen (secondary N) is 1. The summed E-state index contributed by atoms with van der Waals surface area (Å²) in [7, 11) is 0. The zero-order valence-corrected chi connectivity index (χ0v) is 7.03. The van der Waals surface area contributed by atoms with Gasteiger partial charge < -0.3 is 15.5 Å². The Kier molecular flexibility index (Phi) is 3.28. The van der Waals surface area contributed by atoms with E-state index in [4.69, 9.17) is 10.2 Å². The monoisotopic (exact) mass is 181 g/mol. The summed E-state index contributed by atoms with van der Waals surface area (Å²) in [5.41, 5.74) is 1.36. The summed E-state index contributed by atoms with van der Waals surface area (Å²) in [4.78, 5) is 10.2. The molecule has 3 N–H and O–H groups in total. The van der Waals surface area contributed by atoms with Gasteiger partial charge in [0.15, 0.2) is 0 Å². The topological polar surface area (TPSA) is 69.6 Å². The Hall–Kier alpha value is -1.55. The van der Waals surface area contributed by atoms with Crippen LogP contribution < -0.4 is 5.32 Å². The van der Waals surface area contributed by atoms with E-state index < -0.39 is 5.97 Å². The lowest BCUT2D eigenvalue weighted by Gasteiger charge is -2.07. The summed E-state index contributed by atoms with van der Waals surface area (Å²) < 4.78 is 0. The molecule has 1 aromatic carbocycles. The van der Waals surface area contributed by atoms with Crippen molar-refractivity contribution in [3.8, 4) is 0 Å². The first-order valence-electron chi connectivity index (χ1n) is 3.88. The molecule has 0 bridgehead atoms. The zero-order valence-electron chi connectivity index (χ0n) is 7.03. The molecule has 4 nitrogen and oxygen atoms in total. The number of aliphatic hydroxyl groups is 1. The summed E-state index contributed by atoms with van der Waals surface area (Å²) in [6.07, 6.45) is 0. The lowest BCUT2D eigenvalue weighted by molar-refractivity contribution is -0.134. The van der Waals surface area contributed by atoms with Crippen LogP contribution in [0.3, 0.4) is 0 Å². The number of hydrogen-bond donors (Lipinski definition) is 3. The molecule has 0 fully saturated rings. The number of aliphatic carboxylic acids is 1. The molecule has 0 saturated carbocycles. The number of carboxylic acid groups (broad SMARTS) is 1. The fraction of sp³-hybridized carbons (Fsp3) is 0.222. The second kappa shape index (κ2) is 4.47. The molecule has 0 aliphatic carbocycles. The first kappa shape index (κ1) is 9.54. The minimum atomic E-state index is -0.923. The van der Waals surface area contributed by atoms with Crippen molar-refractivity contribution in [3.05, 3.63) is 29.8 Å². The fourth-order valence-corrected chi connectivity index (χ4v) is 1.00. The smallest absolute Gasteiger partial charge is 0.322 e. The fourth-order valence-electron chi connectivity index (χ4n) is 1.00. The number of carbonyl (C=O) groups is 1. The number of para-hydroxylation sites is 1. The molecule has 0 unspecified atom stereocenters. The molecule has 0 spiro atoms. The minimum absolute atomic E-state index is 0.0945. The second-order valence-corrected chi connectivity index (χ2v) is 2.56. The summed E-state index contributed by atoms with van der Waals surface area (Å²) in [6.45, 7) is -0.236. The predicted octanol–water partition coefficient (Wildman–Crippen LogP) is 0.675. The third kappa shape index (κ3) is 2.76. The molecule has 0 aliphatic rings. The number of carboxylic acids is 1. The zero-order chi connectivity index (χ0) is 9.68. The van der Waals surface area contributed by atoms with Crippen LogP contribution in [-0.2, 0) is 11.4 Å². The molecule has 0 heterocycles. The van der Waals surface area contributed by atoms with E-state index in [0.29, 0.717) is 11.3 Å². The molecular weight excluding hydrogens is 170 g/mol. The molecule has 1 aromatic rings. The second-order valence-electron chi connectivity index (χ2n) is 2.56. The number of anilines is 1. The van der Waals surface area contributed by atoms with Crippen molar-refractivity contribution in [1.82, 2.24) is 0 Å². The van der Waals surface area contributed by atoms with Gasteiger partial charge in [-0.3, -0.25) is 4.79 Å². The van der Waals surface area contributed by atoms with Crippen LogP contribution in [0.5, 0.6) is 0 Å². The van der Waals surface area contributed by atoms with E-state index >= 15 is 0 Å². The number of hydrogen-bond acceptors (Lipinski definition) is 3. The molecule has 0 aromatic heterocycles. The van der Waals surface area contributed by atoms with Gasteiger partial charge >= 0.3 is 5.97 Å². The molecule has 0 amide bonds. The highest BCUT2D eigenvalue weighted by atomic mass is 16.4. The van der Waals surface area contributed by atoms with Gasteiger partial charge in [-0.05, 0) is 6.07 Å². The quantitative estimate of drug-likeness (QED) is 0.638. The summed E-state index contributed by atoms with van der Waals surface area (Å²) in [6, 6.07) is 7.04. The lowest BCUT2D eigenvalue weighted by Crippen LogP contribution is -2.13. The first-order chi connectivity index (χ1) is 6.24. The molecule has 4 heteroatoms. The Balaban J connectivity index is 2.69. The van der Waals surface area contributed by atoms with Crippen LogP contribution in [0.2, 0.25) is 0 Å². The van der Waals surface area contributed by atoms with Crippen molar-refractivity contribution in [3.63, 3.8) is 0 Å². The summed E-state index contributed by atoms with van der Waals surface area (Å²) in [5, 5.41) is 20.0. The normalized spacial score (nSPS) is 9.62. The van der Waals surface area contributed by atoms with Crippen LogP contribution >= 0.6 is 0 Å². The van der Waals surface area contributed by atoms with Crippen LogP contribution in [0.4, 0.5) is 5.69 Å². The maximum atomic E-state index is 10.2. The van der Waals surface area contributed by atoms with Crippen molar-refractivity contribution in [2.75, 3.05) is 11.9 Å². The van der Waals surface area contributed by atoms with Crippen molar-refractivity contribution >= 4 is 11.7 Å².